The van der Waals surface area contributed by atoms with Crippen molar-refractivity contribution in [2.45, 2.75) is 11.4 Å². The van der Waals surface area contributed by atoms with Crippen LogP contribution >= 0.6 is 0 Å². The van der Waals surface area contributed by atoms with E-state index in [-0.39, 0.29) is 17.1 Å². The van der Waals surface area contributed by atoms with E-state index in [1.54, 1.807) is 30.3 Å². The molecule has 0 aliphatic carbocycles. The summed E-state index contributed by atoms with van der Waals surface area (Å²) < 4.78 is 31.3. The topological polar surface area (TPSA) is 85.3 Å². The lowest BCUT2D eigenvalue weighted by Gasteiger charge is -2.07. The van der Waals surface area contributed by atoms with Gasteiger partial charge in [-0.1, -0.05) is 12.1 Å². The van der Waals surface area contributed by atoms with Crippen molar-refractivity contribution >= 4 is 15.7 Å². The summed E-state index contributed by atoms with van der Waals surface area (Å²) in [5, 5.41) is 0. The smallest absolute Gasteiger partial charge is 0.243 e. The molecule has 0 spiro atoms. The number of rotatable bonds is 4. The van der Waals surface area contributed by atoms with Gasteiger partial charge < -0.3 is 10.2 Å². The molecule has 0 saturated heterocycles. The molecule has 0 aliphatic rings. The van der Waals surface area contributed by atoms with Gasteiger partial charge >= 0.3 is 0 Å². The molecule has 0 radical (unpaired) electrons. The van der Waals surface area contributed by atoms with Gasteiger partial charge in [0.2, 0.25) is 10.0 Å². The second-order valence-electron chi connectivity index (χ2n) is 3.44. The lowest BCUT2D eigenvalue weighted by molar-refractivity contribution is 0.498. The number of hydrogen-bond acceptors (Lipinski definition) is 4. The molecule has 0 bridgehead atoms. The van der Waals surface area contributed by atoms with E-state index < -0.39 is 10.0 Å². The summed E-state index contributed by atoms with van der Waals surface area (Å²) in [7, 11) is -3.60. The Bertz CT molecular complexity index is 591. The van der Waals surface area contributed by atoms with Gasteiger partial charge in [-0.15, -0.1) is 0 Å². The van der Waals surface area contributed by atoms with E-state index in [9.17, 15) is 8.42 Å². The van der Waals surface area contributed by atoms with E-state index in [4.69, 9.17) is 10.2 Å². The Morgan fingerprint density at radius 3 is 2.59 bits per heavy atom. The van der Waals surface area contributed by atoms with Crippen molar-refractivity contribution in [2.24, 2.45) is 0 Å². The Kier molecular flexibility index (Phi) is 3.16. The summed E-state index contributed by atoms with van der Waals surface area (Å²) in [4.78, 5) is 0.0755. The van der Waals surface area contributed by atoms with Gasteiger partial charge in [0.15, 0.2) is 0 Å². The third kappa shape index (κ3) is 2.66. The van der Waals surface area contributed by atoms with Crippen LogP contribution in [0.2, 0.25) is 0 Å². The van der Waals surface area contributed by atoms with Gasteiger partial charge in [-0.2, -0.15) is 0 Å². The molecule has 3 N–H and O–H groups in total. The number of nitrogen functional groups attached to an aromatic ring is 1. The van der Waals surface area contributed by atoms with Crippen LogP contribution in [0.5, 0.6) is 0 Å². The molecule has 2 rings (SSSR count). The first kappa shape index (κ1) is 11.7. The fourth-order valence-corrected chi connectivity index (χ4v) is 2.51. The first-order chi connectivity index (χ1) is 8.09. The Morgan fingerprint density at radius 2 is 1.94 bits per heavy atom. The zero-order valence-electron chi connectivity index (χ0n) is 8.96. The fraction of sp³-hybridized carbons (Fsp3) is 0.0909. The average Bonchev–Trinajstić information content (AvgIpc) is 2.80. The molecule has 17 heavy (non-hydrogen) atoms. The maximum absolute atomic E-state index is 11.9. The SMILES string of the molecule is Nc1ccccc1S(=O)(=O)NCc1ccco1. The number of para-hydroxylation sites is 1. The lowest BCUT2D eigenvalue weighted by atomic mass is 10.3. The van der Waals surface area contributed by atoms with Crippen molar-refractivity contribution in [2.75, 3.05) is 5.73 Å². The highest BCUT2D eigenvalue weighted by molar-refractivity contribution is 7.89. The highest BCUT2D eigenvalue weighted by atomic mass is 32.2. The summed E-state index contributed by atoms with van der Waals surface area (Å²) in [6.07, 6.45) is 1.49. The fourth-order valence-electron chi connectivity index (χ4n) is 1.38. The Balaban J connectivity index is 2.17. The molecule has 0 unspecified atom stereocenters. The van der Waals surface area contributed by atoms with E-state index in [0.717, 1.165) is 0 Å². The van der Waals surface area contributed by atoms with E-state index in [2.05, 4.69) is 4.72 Å². The Hall–Kier alpha value is -1.79. The molecule has 0 fully saturated rings. The molecule has 0 aliphatic heterocycles. The van der Waals surface area contributed by atoms with Gasteiger partial charge in [-0.3, -0.25) is 0 Å². The minimum absolute atomic E-state index is 0.0755. The quantitative estimate of drug-likeness (QED) is 0.804. The van der Waals surface area contributed by atoms with Crippen molar-refractivity contribution in [3.63, 3.8) is 0 Å². The molecule has 90 valence electrons. The van der Waals surface area contributed by atoms with Crippen LogP contribution < -0.4 is 10.5 Å². The molecule has 0 amide bonds. The van der Waals surface area contributed by atoms with Gasteiger partial charge in [0.25, 0.3) is 0 Å². The number of furan rings is 1. The van der Waals surface area contributed by atoms with Crippen LogP contribution in [0.4, 0.5) is 5.69 Å². The van der Waals surface area contributed by atoms with Crippen LogP contribution in [-0.2, 0) is 16.6 Å². The first-order valence-corrected chi connectivity index (χ1v) is 6.44. The van der Waals surface area contributed by atoms with Crippen molar-refractivity contribution in [3.8, 4) is 0 Å². The average molecular weight is 252 g/mol. The minimum atomic E-state index is -3.60. The third-order valence-electron chi connectivity index (χ3n) is 2.23. The summed E-state index contributed by atoms with van der Waals surface area (Å²) in [6, 6.07) is 9.69. The van der Waals surface area contributed by atoms with Crippen LogP contribution in [0.15, 0.2) is 52.0 Å². The van der Waals surface area contributed by atoms with E-state index in [1.807, 2.05) is 0 Å². The number of hydrogen-bond donors (Lipinski definition) is 2. The molecule has 1 aromatic carbocycles. The second kappa shape index (κ2) is 4.60. The lowest BCUT2D eigenvalue weighted by Crippen LogP contribution is -2.23. The molecular weight excluding hydrogens is 240 g/mol. The number of nitrogens with one attached hydrogen (secondary N) is 1. The molecule has 0 saturated carbocycles. The van der Waals surface area contributed by atoms with Crippen molar-refractivity contribution in [1.29, 1.82) is 0 Å². The monoisotopic (exact) mass is 252 g/mol. The van der Waals surface area contributed by atoms with Gasteiger partial charge in [-0.05, 0) is 24.3 Å². The van der Waals surface area contributed by atoms with E-state index >= 15 is 0 Å². The van der Waals surface area contributed by atoms with Crippen LogP contribution in [0.25, 0.3) is 0 Å². The summed E-state index contributed by atoms with van der Waals surface area (Å²) >= 11 is 0. The van der Waals surface area contributed by atoms with Gasteiger partial charge in [0.05, 0.1) is 18.5 Å². The largest absolute Gasteiger partial charge is 0.468 e. The number of nitrogens with two attached hydrogens (primary N) is 1. The second-order valence-corrected chi connectivity index (χ2v) is 5.18. The molecule has 0 atom stereocenters. The zero-order valence-corrected chi connectivity index (χ0v) is 9.78. The molecule has 1 heterocycles. The van der Waals surface area contributed by atoms with Gasteiger partial charge in [0.1, 0.15) is 10.7 Å². The first-order valence-electron chi connectivity index (χ1n) is 4.96. The zero-order chi connectivity index (χ0) is 12.3. The van der Waals surface area contributed by atoms with Gasteiger partial charge in [0, 0.05) is 0 Å². The predicted octanol–water partition coefficient (Wildman–Crippen LogP) is 1.34. The van der Waals surface area contributed by atoms with Gasteiger partial charge in [-0.25, -0.2) is 13.1 Å². The van der Waals surface area contributed by atoms with Crippen molar-refractivity contribution < 1.29 is 12.8 Å². The predicted molar refractivity (Wildman–Crippen MR) is 63.6 cm³/mol. The van der Waals surface area contributed by atoms with Crippen molar-refractivity contribution in [1.82, 2.24) is 4.72 Å². The summed E-state index contributed by atoms with van der Waals surface area (Å²) in [5.41, 5.74) is 5.83. The van der Waals surface area contributed by atoms with Crippen LogP contribution in [0.1, 0.15) is 5.76 Å². The highest BCUT2D eigenvalue weighted by Gasteiger charge is 2.16. The highest BCUT2D eigenvalue weighted by Crippen LogP contribution is 2.17. The van der Waals surface area contributed by atoms with Crippen LogP contribution in [0, 0.1) is 0 Å². The molecular formula is C11H12N2O3S. The molecule has 1 aromatic heterocycles. The Morgan fingerprint density at radius 1 is 1.18 bits per heavy atom. The van der Waals surface area contributed by atoms with E-state index in [0.29, 0.717) is 5.76 Å². The standard InChI is InChI=1S/C11H12N2O3S/c12-10-5-1-2-6-11(10)17(14,15)13-8-9-4-3-7-16-9/h1-7,13H,8,12H2. The maximum atomic E-state index is 11.9. The third-order valence-corrected chi connectivity index (χ3v) is 3.70. The molecule has 5 nitrogen and oxygen atoms in total. The molecule has 2 aromatic rings. The number of sulfonamides is 1. The van der Waals surface area contributed by atoms with Crippen LogP contribution in [-0.4, -0.2) is 8.42 Å². The number of benzene rings is 1. The van der Waals surface area contributed by atoms with Crippen molar-refractivity contribution in [3.05, 3.63) is 48.4 Å². The summed E-state index contributed by atoms with van der Waals surface area (Å²) in [5.74, 6) is 0.545. The van der Waals surface area contributed by atoms with E-state index in [1.165, 1.54) is 12.3 Å². The molecule has 6 heteroatoms. The number of anilines is 1. The Labute approximate surface area is 99.3 Å². The maximum Gasteiger partial charge on any atom is 0.243 e. The van der Waals surface area contributed by atoms with Crippen LogP contribution in [0.3, 0.4) is 0 Å². The minimum Gasteiger partial charge on any atom is -0.468 e. The summed E-state index contributed by atoms with van der Waals surface area (Å²) in [6.45, 7) is 0.101. The normalized spacial score (nSPS) is 11.5.